The highest BCUT2D eigenvalue weighted by Crippen LogP contribution is 2.18. The second-order valence-electron chi connectivity index (χ2n) is 6.49. The van der Waals surface area contributed by atoms with Crippen molar-refractivity contribution in [3.05, 3.63) is 94.0 Å². The summed E-state index contributed by atoms with van der Waals surface area (Å²) in [5, 5.41) is 7.85. The Hall–Kier alpha value is -3.35. The second kappa shape index (κ2) is 10.6. The van der Waals surface area contributed by atoms with E-state index in [9.17, 15) is 9.59 Å². The zero-order chi connectivity index (χ0) is 22.2. The number of nitrogens with zero attached hydrogens (tertiary/aromatic N) is 1. The minimum atomic E-state index is -0.391. The van der Waals surface area contributed by atoms with E-state index in [2.05, 4.69) is 15.8 Å². The molecular formula is C23H19Cl2N3O3. The minimum absolute atomic E-state index is 0.175. The van der Waals surface area contributed by atoms with Crippen LogP contribution >= 0.6 is 23.2 Å². The Morgan fingerprint density at radius 3 is 2.29 bits per heavy atom. The monoisotopic (exact) mass is 455 g/mol. The molecule has 0 aliphatic rings. The molecule has 0 radical (unpaired) electrons. The summed E-state index contributed by atoms with van der Waals surface area (Å²) in [5.74, 6) is -0.149. The maximum Gasteiger partial charge on any atom is 0.277 e. The van der Waals surface area contributed by atoms with Crippen LogP contribution < -0.4 is 15.5 Å². The highest BCUT2D eigenvalue weighted by molar-refractivity contribution is 6.34. The third-order valence-electron chi connectivity index (χ3n) is 4.21. The lowest BCUT2D eigenvalue weighted by molar-refractivity contribution is -0.123. The number of carbonyl (C=O) groups excluding carboxylic acids is 2. The van der Waals surface area contributed by atoms with Gasteiger partial charge in [-0.25, -0.2) is 5.43 Å². The van der Waals surface area contributed by atoms with Crippen molar-refractivity contribution >= 4 is 46.4 Å². The molecule has 0 fully saturated rings. The lowest BCUT2D eigenvalue weighted by Crippen LogP contribution is -2.25. The number of benzene rings is 3. The minimum Gasteiger partial charge on any atom is -0.484 e. The largest absolute Gasteiger partial charge is 0.484 e. The van der Waals surface area contributed by atoms with Crippen molar-refractivity contribution in [1.82, 2.24) is 5.43 Å². The van der Waals surface area contributed by atoms with Gasteiger partial charge in [-0.3, -0.25) is 9.59 Å². The van der Waals surface area contributed by atoms with Crippen molar-refractivity contribution in [3.8, 4) is 5.75 Å². The Morgan fingerprint density at radius 1 is 0.935 bits per heavy atom. The number of anilines is 1. The molecule has 6 nitrogen and oxygen atoms in total. The molecule has 0 aliphatic heterocycles. The van der Waals surface area contributed by atoms with Gasteiger partial charge in [0.25, 0.3) is 11.8 Å². The summed E-state index contributed by atoms with van der Waals surface area (Å²) >= 11 is 11.9. The van der Waals surface area contributed by atoms with Crippen molar-refractivity contribution in [2.75, 3.05) is 11.9 Å². The molecule has 2 N–H and O–H groups in total. The fourth-order valence-electron chi connectivity index (χ4n) is 2.56. The number of hydrogen-bond donors (Lipinski definition) is 2. The summed E-state index contributed by atoms with van der Waals surface area (Å²) in [4.78, 5) is 24.3. The molecule has 0 bridgehead atoms. The first-order valence-electron chi connectivity index (χ1n) is 9.30. The summed E-state index contributed by atoms with van der Waals surface area (Å²) in [6.45, 7) is 1.59. The van der Waals surface area contributed by atoms with Gasteiger partial charge in [0, 0.05) is 10.7 Å². The van der Waals surface area contributed by atoms with Crippen molar-refractivity contribution in [3.63, 3.8) is 0 Å². The maximum absolute atomic E-state index is 12.3. The van der Waals surface area contributed by atoms with E-state index in [-0.39, 0.29) is 12.5 Å². The molecule has 0 saturated carbocycles. The third-order valence-corrected chi connectivity index (χ3v) is 4.79. The quantitative estimate of drug-likeness (QED) is 0.381. The van der Waals surface area contributed by atoms with Gasteiger partial charge in [0.05, 0.1) is 16.3 Å². The molecular weight excluding hydrogens is 437 g/mol. The van der Waals surface area contributed by atoms with Crippen molar-refractivity contribution in [1.29, 1.82) is 0 Å². The third kappa shape index (κ3) is 6.57. The van der Waals surface area contributed by atoms with Crippen LogP contribution in [-0.2, 0) is 4.79 Å². The highest BCUT2D eigenvalue weighted by Gasteiger charge is 2.10. The molecule has 8 heteroatoms. The zero-order valence-electron chi connectivity index (χ0n) is 16.6. The van der Waals surface area contributed by atoms with Gasteiger partial charge in [-0.05, 0) is 61.0 Å². The Morgan fingerprint density at radius 2 is 1.61 bits per heavy atom. The van der Waals surface area contributed by atoms with E-state index >= 15 is 0 Å². The second-order valence-corrected chi connectivity index (χ2v) is 7.33. The van der Waals surface area contributed by atoms with Gasteiger partial charge in [-0.2, -0.15) is 5.10 Å². The van der Waals surface area contributed by atoms with Gasteiger partial charge in [0.15, 0.2) is 6.61 Å². The summed E-state index contributed by atoms with van der Waals surface area (Å²) in [6.07, 6.45) is 0. The van der Waals surface area contributed by atoms with Gasteiger partial charge >= 0.3 is 0 Å². The van der Waals surface area contributed by atoms with Crippen LogP contribution in [0.5, 0.6) is 5.75 Å². The first-order chi connectivity index (χ1) is 14.9. The first-order valence-corrected chi connectivity index (χ1v) is 10.1. The predicted molar refractivity (Wildman–Crippen MR) is 123 cm³/mol. The molecule has 0 atom stereocenters. The highest BCUT2D eigenvalue weighted by atomic mass is 35.5. The Balaban J connectivity index is 1.53. The summed E-state index contributed by atoms with van der Waals surface area (Å²) < 4.78 is 5.37. The molecule has 3 aromatic carbocycles. The summed E-state index contributed by atoms with van der Waals surface area (Å²) in [6, 6.07) is 20.6. The van der Waals surface area contributed by atoms with Crippen LogP contribution in [0.25, 0.3) is 0 Å². The molecule has 0 spiro atoms. The number of amides is 2. The van der Waals surface area contributed by atoms with Crippen LogP contribution in [-0.4, -0.2) is 24.1 Å². The van der Waals surface area contributed by atoms with Crippen molar-refractivity contribution in [2.45, 2.75) is 6.92 Å². The lowest BCUT2D eigenvalue weighted by Gasteiger charge is -2.08. The molecule has 31 heavy (non-hydrogen) atoms. The van der Waals surface area contributed by atoms with E-state index in [1.54, 1.807) is 79.7 Å². The van der Waals surface area contributed by atoms with Crippen molar-refractivity contribution in [2.24, 2.45) is 5.10 Å². The summed E-state index contributed by atoms with van der Waals surface area (Å²) in [5.41, 5.74) is 4.85. The molecule has 0 heterocycles. The van der Waals surface area contributed by atoms with Crippen LogP contribution in [0.1, 0.15) is 22.8 Å². The molecule has 158 valence electrons. The molecule has 3 aromatic rings. The van der Waals surface area contributed by atoms with E-state index in [4.69, 9.17) is 27.9 Å². The zero-order valence-corrected chi connectivity index (χ0v) is 18.1. The normalized spacial score (nSPS) is 11.0. The van der Waals surface area contributed by atoms with Crippen LogP contribution in [0.2, 0.25) is 10.0 Å². The molecule has 0 aliphatic carbocycles. The fraction of sp³-hybridized carbons (Fsp3) is 0.0870. The van der Waals surface area contributed by atoms with Crippen LogP contribution in [0.4, 0.5) is 5.69 Å². The van der Waals surface area contributed by atoms with Gasteiger partial charge in [0.2, 0.25) is 0 Å². The van der Waals surface area contributed by atoms with E-state index in [1.165, 1.54) is 0 Å². The number of ether oxygens (including phenoxy) is 1. The Labute approximate surface area is 189 Å². The Bertz CT molecular complexity index is 1100. The van der Waals surface area contributed by atoms with Gasteiger partial charge in [-0.1, -0.05) is 47.5 Å². The summed E-state index contributed by atoms with van der Waals surface area (Å²) in [7, 11) is 0. The van der Waals surface area contributed by atoms with Crippen LogP contribution in [0, 0.1) is 0 Å². The van der Waals surface area contributed by atoms with E-state index in [0.29, 0.717) is 32.8 Å². The average Bonchev–Trinajstić information content (AvgIpc) is 2.78. The van der Waals surface area contributed by atoms with Gasteiger partial charge in [0.1, 0.15) is 5.75 Å². The predicted octanol–water partition coefficient (Wildman–Crippen LogP) is 5.16. The fourth-order valence-corrected chi connectivity index (χ4v) is 2.91. The molecule has 2 amide bonds. The number of hydrazone groups is 1. The van der Waals surface area contributed by atoms with Crippen LogP contribution in [0.3, 0.4) is 0 Å². The number of halogens is 2. The molecule has 0 unspecified atom stereocenters. The topological polar surface area (TPSA) is 79.8 Å². The van der Waals surface area contributed by atoms with E-state index in [1.807, 2.05) is 0 Å². The van der Waals surface area contributed by atoms with Gasteiger partial charge < -0.3 is 10.1 Å². The molecule has 3 rings (SSSR count). The molecule has 0 saturated heterocycles. The van der Waals surface area contributed by atoms with E-state index < -0.39 is 5.91 Å². The maximum atomic E-state index is 12.3. The van der Waals surface area contributed by atoms with Gasteiger partial charge in [-0.15, -0.1) is 0 Å². The number of nitrogens with one attached hydrogen (secondary N) is 2. The van der Waals surface area contributed by atoms with Crippen molar-refractivity contribution < 1.29 is 14.3 Å². The molecule has 0 aromatic heterocycles. The smallest absolute Gasteiger partial charge is 0.277 e. The number of hydrogen-bond acceptors (Lipinski definition) is 4. The average molecular weight is 456 g/mol. The lowest BCUT2D eigenvalue weighted by atomic mass is 10.1. The number of carbonyl (C=O) groups is 2. The SMILES string of the molecule is C/C(=N/NC(=O)COc1ccc(Cl)cc1)c1ccc(NC(=O)c2ccccc2Cl)cc1. The number of rotatable bonds is 7. The van der Waals surface area contributed by atoms with Crippen LogP contribution in [0.15, 0.2) is 77.9 Å². The standard InChI is InChI=1S/C23H19Cl2N3O3/c1-15(27-28-22(29)14-31-19-12-8-17(24)9-13-19)16-6-10-18(11-7-16)26-23(30)20-4-2-3-5-21(20)25/h2-13H,14H2,1H3,(H,26,30)(H,28,29)/b27-15-. The van der Waals surface area contributed by atoms with E-state index in [0.717, 1.165) is 5.56 Å². The Kier molecular flexibility index (Phi) is 7.65. The first kappa shape index (κ1) is 22.3.